The predicted octanol–water partition coefficient (Wildman–Crippen LogP) is 2.73. The Bertz CT molecular complexity index is 508. The Kier molecular flexibility index (Phi) is 4.76. The average molecular weight is 273 g/mol. The fourth-order valence-electron chi connectivity index (χ4n) is 2.15. The summed E-state index contributed by atoms with van der Waals surface area (Å²) in [6.07, 6.45) is 6.88. The summed E-state index contributed by atoms with van der Waals surface area (Å²) in [6, 6.07) is 6.77. The topological polar surface area (TPSA) is 70.2 Å². The van der Waals surface area contributed by atoms with Crippen molar-refractivity contribution in [3.05, 3.63) is 36.4 Å². The van der Waals surface area contributed by atoms with Crippen LogP contribution in [0, 0.1) is 5.92 Å². The number of hydrogen-bond donors (Lipinski definition) is 3. The van der Waals surface area contributed by atoms with Gasteiger partial charge >= 0.3 is 6.03 Å². The van der Waals surface area contributed by atoms with Crippen molar-refractivity contribution in [1.29, 1.82) is 0 Å². The van der Waals surface area contributed by atoms with Crippen LogP contribution in [-0.4, -0.2) is 19.0 Å². The molecule has 1 aliphatic rings. The van der Waals surface area contributed by atoms with Gasteiger partial charge in [-0.05, 0) is 43.0 Å². The van der Waals surface area contributed by atoms with Crippen molar-refractivity contribution in [3.63, 3.8) is 0 Å². The second-order valence-electron chi connectivity index (χ2n) is 4.80. The van der Waals surface area contributed by atoms with Gasteiger partial charge < -0.3 is 16.0 Å². The van der Waals surface area contributed by atoms with E-state index in [0.29, 0.717) is 18.0 Å². The van der Waals surface area contributed by atoms with E-state index in [1.54, 1.807) is 31.3 Å². The van der Waals surface area contributed by atoms with Gasteiger partial charge in [0, 0.05) is 24.8 Å². The maximum Gasteiger partial charge on any atom is 0.318 e. The lowest BCUT2D eigenvalue weighted by atomic mass is 10.1. The summed E-state index contributed by atoms with van der Waals surface area (Å²) in [5.41, 5.74) is 1.42. The lowest BCUT2D eigenvalue weighted by molar-refractivity contribution is -0.116. The van der Waals surface area contributed by atoms with Crippen LogP contribution in [-0.2, 0) is 4.79 Å². The smallest absolute Gasteiger partial charge is 0.318 e. The van der Waals surface area contributed by atoms with E-state index in [2.05, 4.69) is 28.1 Å². The van der Waals surface area contributed by atoms with Crippen LogP contribution >= 0.6 is 0 Å². The molecule has 1 aliphatic carbocycles. The molecule has 0 saturated carbocycles. The van der Waals surface area contributed by atoms with Crippen LogP contribution in [0.25, 0.3) is 0 Å². The molecule has 3 amide bonds. The highest BCUT2D eigenvalue weighted by Crippen LogP contribution is 2.21. The lowest BCUT2D eigenvalue weighted by Crippen LogP contribution is -2.24. The maximum absolute atomic E-state index is 11.9. The van der Waals surface area contributed by atoms with Gasteiger partial charge in [-0.15, -0.1) is 0 Å². The minimum Gasteiger partial charge on any atom is -0.341 e. The first-order valence-electron chi connectivity index (χ1n) is 6.72. The number of amides is 3. The van der Waals surface area contributed by atoms with Crippen molar-refractivity contribution in [3.8, 4) is 0 Å². The van der Waals surface area contributed by atoms with Gasteiger partial charge in [0.2, 0.25) is 5.91 Å². The van der Waals surface area contributed by atoms with E-state index in [0.717, 1.165) is 18.5 Å². The largest absolute Gasteiger partial charge is 0.341 e. The van der Waals surface area contributed by atoms with Crippen molar-refractivity contribution < 1.29 is 9.59 Å². The molecule has 0 fully saturated rings. The Labute approximate surface area is 118 Å². The van der Waals surface area contributed by atoms with Gasteiger partial charge in [0.05, 0.1) is 0 Å². The quantitative estimate of drug-likeness (QED) is 0.738. The van der Waals surface area contributed by atoms with E-state index >= 15 is 0 Å². The number of hydrogen-bond acceptors (Lipinski definition) is 2. The Morgan fingerprint density at radius 2 is 1.80 bits per heavy atom. The Hall–Kier alpha value is -2.30. The highest BCUT2D eigenvalue weighted by atomic mass is 16.2. The molecule has 1 atom stereocenters. The van der Waals surface area contributed by atoms with E-state index in [-0.39, 0.29) is 11.9 Å². The highest BCUT2D eigenvalue weighted by molar-refractivity contribution is 5.92. The van der Waals surface area contributed by atoms with Crippen molar-refractivity contribution >= 4 is 23.3 Å². The first-order valence-corrected chi connectivity index (χ1v) is 6.72. The van der Waals surface area contributed by atoms with Gasteiger partial charge in [0.1, 0.15) is 0 Å². The van der Waals surface area contributed by atoms with Crippen LogP contribution in [0.15, 0.2) is 36.4 Å². The second kappa shape index (κ2) is 6.75. The van der Waals surface area contributed by atoms with Gasteiger partial charge in [-0.1, -0.05) is 12.2 Å². The number of anilines is 2. The molecular formula is C15H19N3O2. The van der Waals surface area contributed by atoms with Crippen LogP contribution in [0.5, 0.6) is 0 Å². The summed E-state index contributed by atoms with van der Waals surface area (Å²) in [5, 5.41) is 8.00. The highest BCUT2D eigenvalue weighted by Gasteiger charge is 2.13. The van der Waals surface area contributed by atoms with Crippen LogP contribution in [0.4, 0.5) is 16.2 Å². The van der Waals surface area contributed by atoms with E-state index < -0.39 is 0 Å². The van der Waals surface area contributed by atoms with Crippen LogP contribution in [0.3, 0.4) is 0 Å². The molecule has 0 spiro atoms. The van der Waals surface area contributed by atoms with E-state index in [9.17, 15) is 9.59 Å². The van der Waals surface area contributed by atoms with E-state index in [1.165, 1.54) is 0 Å². The van der Waals surface area contributed by atoms with Crippen molar-refractivity contribution in [2.45, 2.75) is 19.3 Å². The maximum atomic E-state index is 11.9. The molecule has 0 saturated heterocycles. The number of carbonyl (C=O) groups excluding carboxylic acids is 2. The molecule has 1 unspecified atom stereocenters. The van der Waals surface area contributed by atoms with Crippen molar-refractivity contribution in [1.82, 2.24) is 5.32 Å². The summed E-state index contributed by atoms with van der Waals surface area (Å²) < 4.78 is 0. The third-order valence-corrected chi connectivity index (χ3v) is 3.21. The first kappa shape index (κ1) is 14.1. The third kappa shape index (κ3) is 4.12. The Balaban J connectivity index is 1.85. The molecule has 0 heterocycles. The molecule has 1 aromatic carbocycles. The molecule has 0 aromatic heterocycles. The molecule has 20 heavy (non-hydrogen) atoms. The van der Waals surface area contributed by atoms with Crippen molar-refractivity contribution in [2.24, 2.45) is 5.92 Å². The van der Waals surface area contributed by atoms with Crippen molar-refractivity contribution in [2.75, 3.05) is 17.7 Å². The number of urea groups is 1. The molecule has 0 bridgehead atoms. The molecule has 0 aliphatic heterocycles. The summed E-state index contributed by atoms with van der Waals surface area (Å²) in [5.74, 6) is 0.387. The van der Waals surface area contributed by atoms with E-state index in [1.807, 2.05) is 0 Å². The van der Waals surface area contributed by atoms with Gasteiger partial charge in [-0.3, -0.25) is 4.79 Å². The zero-order chi connectivity index (χ0) is 14.4. The number of benzene rings is 1. The minimum absolute atomic E-state index is 0.0218. The molecule has 0 radical (unpaired) electrons. The van der Waals surface area contributed by atoms with Gasteiger partial charge in [-0.2, -0.15) is 0 Å². The SMILES string of the molecule is CNC(=O)Nc1ccc(NC(=O)CC2C=CCC2)cc1. The zero-order valence-electron chi connectivity index (χ0n) is 11.5. The first-order chi connectivity index (χ1) is 9.67. The van der Waals surface area contributed by atoms with Crippen LogP contribution in [0.1, 0.15) is 19.3 Å². The molecular weight excluding hydrogens is 254 g/mol. The Morgan fingerprint density at radius 3 is 2.35 bits per heavy atom. The summed E-state index contributed by atoms with van der Waals surface area (Å²) in [4.78, 5) is 23.0. The Morgan fingerprint density at radius 1 is 1.15 bits per heavy atom. The third-order valence-electron chi connectivity index (χ3n) is 3.21. The van der Waals surface area contributed by atoms with E-state index in [4.69, 9.17) is 0 Å². The summed E-state index contributed by atoms with van der Waals surface area (Å²) >= 11 is 0. The van der Waals surface area contributed by atoms with Crippen LogP contribution in [0.2, 0.25) is 0 Å². The monoisotopic (exact) mass is 273 g/mol. The van der Waals surface area contributed by atoms with Gasteiger partial charge in [0.25, 0.3) is 0 Å². The molecule has 5 heteroatoms. The average Bonchev–Trinajstić information content (AvgIpc) is 2.93. The number of carbonyl (C=O) groups is 2. The predicted molar refractivity (Wildman–Crippen MR) is 79.6 cm³/mol. The van der Waals surface area contributed by atoms with Gasteiger partial charge in [0.15, 0.2) is 0 Å². The summed E-state index contributed by atoms with van der Waals surface area (Å²) in [6.45, 7) is 0. The molecule has 5 nitrogen and oxygen atoms in total. The van der Waals surface area contributed by atoms with Crippen LogP contribution < -0.4 is 16.0 Å². The summed E-state index contributed by atoms with van der Waals surface area (Å²) in [7, 11) is 1.56. The fraction of sp³-hybridized carbons (Fsp3) is 0.333. The standard InChI is InChI=1S/C15H19N3O2/c1-16-15(20)18-13-8-6-12(7-9-13)17-14(19)10-11-4-2-3-5-11/h2,4,6-9,11H,3,5,10H2,1H3,(H,17,19)(H2,16,18,20). The molecule has 3 N–H and O–H groups in total. The molecule has 2 rings (SSSR count). The van der Waals surface area contributed by atoms with Gasteiger partial charge in [-0.25, -0.2) is 4.79 Å². The number of rotatable bonds is 4. The molecule has 1 aromatic rings. The minimum atomic E-state index is -0.269. The fourth-order valence-corrected chi connectivity index (χ4v) is 2.15. The molecule has 106 valence electrons. The zero-order valence-corrected chi connectivity index (χ0v) is 11.5. The second-order valence-corrected chi connectivity index (χ2v) is 4.80. The number of nitrogens with one attached hydrogen (secondary N) is 3. The number of allylic oxidation sites excluding steroid dienone is 2. The normalized spacial score (nSPS) is 16.8. The lowest BCUT2D eigenvalue weighted by Gasteiger charge is -2.09.